The first-order valence-corrected chi connectivity index (χ1v) is 3.89. The molecule has 4 N–H and O–H groups in total. The molecule has 5 heteroatoms. The number of nitrogens with zero attached hydrogens (tertiary/aromatic N) is 1. The second-order valence-corrected chi connectivity index (χ2v) is 3.89. The highest BCUT2D eigenvalue weighted by atomic mass is 16.5. The number of anilines is 1. The maximum Gasteiger partial charge on any atom is 0.256 e. The normalized spacial score (nSPS) is 11.6. The number of rotatable bonds is 1. The molecule has 0 radical (unpaired) electrons. The van der Waals surface area contributed by atoms with Crippen LogP contribution in [-0.2, 0) is 5.41 Å². The molecule has 1 heterocycles. The maximum absolute atomic E-state index is 11.0. The lowest BCUT2D eigenvalue weighted by Gasteiger charge is -2.14. The van der Waals surface area contributed by atoms with Crippen LogP contribution in [0.15, 0.2) is 4.52 Å². The molecule has 0 aliphatic heterocycles. The summed E-state index contributed by atoms with van der Waals surface area (Å²) in [6.07, 6.45) is 0. The topological polar surface area (TPSA) is 95.1 Å². The molecule has 0 aromatic carbocycles. The van der Waals surface area contributed by atoms with E-state index in [-0.39, 0.29) is 16.8 Å². The Balaban J connectivity index is 3.31. The van der Waals surface area contributed by atoms with Crippen molar-refractivity contribution in [2.24, 2.45) is 5.73 Å². The summed E-state index contributed by atoms with van der Waals surface area (Å²) in [6.45, 7) is 5.66. The van der Waals surface area contributed by atoms with Crippen molar-refractivity contribution in [3.63, 3.8) is 0 Å². The summed E-state index contributed by atoms with van der Waals surface area (Å²) in [5.74, 6) is -0.126. The number of primary amides is 1. The van der Waals surface area contributed by atoms with E-state index in [0.29, 0.717) is 5.76 Å². The molecule has 13 heavy (non-hydrogen) atoms. The molecule has 72 valence electrons. The zero-order valence-electron chi connectivity index (χ0n) is 7.92. The highest BCUT2D eigenvalue weighted by Crippen LogP contribution is 2.28. The number of hydrogen-bond donors (Lipinski definition) is 2. The van der Waals surface area contributed by atoms with E-state index >= 15 is 0 Å². The molecule has 0 saturated heterocycles. The van der Waals surface area contributed by atoms with Crippen molar-refractivity contribution in [1.82, 2.24) is 5.16 Å². The second-order valence-electron chi connectivity index (χ2n) is 3.89. The van der Waals surface area contributed by atoms with Crippen LogP contribution in [0.4, 0.5) is 5.82 Å². The first-order chi connectivity index (χ1) is 5.84. The van der Waals surface area contributed by atoms with Gasteiger partial charge in [-0.15, -0.1) is 0 Å². The summed E-state index contributed by atoms with van der Waals surface area (Å²) in [5.41, 5.74) is 10.4. The Labute approximate surface area is 76.1 Å². The summed E-state index contributed by atoms with van der Waals surface area (Å²) in [4.78, 5) is 11.0. The van der Waals surface area contributed by atoms with Crippen LogP contribution >= 0.6 is 0 Å². The van der Waals surface area contributed by atoms with Crippen LogP contribution in [0, 0.1) is 0 Å². The van der Waals surface area contributed by atoms with Gasteiger partial charge >= 0.3 is 0 Å². The SMILES string of the molecule is CC(C)(C)c1onc(N)c1C(N)=O. The summed E-state index contributed by atoms with van der Waals surface area (Å²) in [5, 5.41) is 3.51. The molecule has 1 aromatic rings. The molecule has 0 spiro atoms. The van der Waals surface area contributed by atoms with Crippen molar-refractivity contribution in [3.8, 4) is 0 Å². The molecule has 0 atom stereocenters. The third-order valence-corrected chi connectivity index (χ3v) is 1.65. The van der Waals surface area contributed by atoms with Crippen molar-refractivity contribution in [1.29, 1.82) is 0 Å². The van der Waals surface area contributed by atoms with E-state index in [9.17, 15) is 4.79 Å². The molecule has 1 aromatic heterocycles. The highest BCUT2D eigenvalue weighted by Gasteiger charge is 2.28. The van der Waals surface area contributed by atoms with Gasteiger partial charge < -0.3 is 16.0 Å². The largest absolute Gasteiger partial charge is 0.380 e. The third-order valence-electron chi connectivity index (χ3n) is 1.65. The Morgan fingerprint density at radius 3 is 2.31 bits per heavy atom. The number of aromatic nitrogens is 1. The van der Waals surface area contributed by atoms with Gasteiger partial charge in [-0.2, -0.15) is 0 Å². The molecular weight excluding hydrogens is 170 g/mol. The van der Waals surface area contributed by atoms with E-state index in [0.717, 1.165) is 0 Å². The fourth-order valence-corrected chi connectivity index (χ4v) is 1.05. The summed E-state index contributed by atoms with van der Waals surface area (Å²) < 4.78 is 4.95. The van der Waals surface area contributed by atoms with Crippen LogP contribution in [0.25, 0.3) is 0 Å². The van der Waals surface area contributed by atoms with Gasteiger partial charge in [0.05, 0.1) is 0 Å². The van der Waals surface area contributed by atoms with Crippen molar-refractivity contribution in [2.45, 2.75) is 26.2 Å². The van der Waals surface area contributed by atoms with Crippen molar-refractivity contribution < 1.29 is 9.32 Å². The number of carbonyl (C=O) groups is 1. The molecule has 0 fully saturated rings. The van der Waals surface area contributed by atoms with E-state index in [4.69, 9.17) is 16.0 Å². The fourth-order valence-electron chi connectivity index (χ4n) is 1.05. The monoisotopic (exact) mass is 183 g/mol. The standard InChI is InChI=1S/C8H13N3O2/c1-8(2,3)5-4(7(10)12)6(9)11-13-5/h1-3H3,(H2,9,11)(H2,10,12). The molecule has 5 nitrogen and oxygen atoms in total. The molecular formula is C8H13N3O2. The Morgan fingerprint density at radius 2 is 2.00 bits per heavy atom. The molecule has 0 aliphatic rings. The zero-order chi connectivity index (χ0) is 10.2. The van der Waals surface area contributed by atoms with Crippen LogP contribution in [0.2, 0.25) is 0 Å². The second kappa shape index (κ2) is 2.76. The Morgan fingerprint density at radius 1 is 1.46 bits per heavy atom. The quantitative estimate of drug-likeness (QED) is 0.668. The van der Waals surface area contributed by atoms with Gasteiger partial charge in [-0.25, -0.2) is 0 Å². The molecule has 0 unspecified atom stereocenters. The van der Waals surface area contributed by atoms with Crippen LogP contribution < -0.4 is 11.5 Å². The van der Waals surface area contributed by atoms with E-state index < -0.39 is 5.91 Å². The lowest BCUT2D eigenvalue weighted by Crippen LogP contribution is -2.20. The minimum absolute atomic E-state index is 0.0532. The molecule has 0 aliphatic carbocycles. The molecule has 0 saturated carbocycles. The van der Waals surface area contributed by atoms with Crippen LogP contribution in [0.3, 0.4) is 0 Å². The Kier molecular flexibility index (Phi) is 2.03. The van der Waals surface area contributed by atoms with Gasteiger partial charge in [0.15, 0.2) is 11.6 Å². The van der Waals surface area contributed by atoms with Gasteiger partial charge in [0.2, 0.25) is 0 Å². The lowest BCUT2D eigenvalue weighted by atomic mass is 9.90. The number of hydrogen-bond acceptors (Lipinski definition) is 4. The van der Waals surface area contributed by atoms with Gasteiger partial charge in [-0.05, 0) is 0 Å². The summed E-state index contributed by atoms with van der Waals surface area (Å²) in [7, 11) is 0. The van der Waals surface area contributed by atoms with E-state index in [1.54, 1.807) is 0 Å². The van der Waals surface area contributed by atoms with Crippen LogP contribution in [-0.4, -0.2) is 11.1 Å². The van der Waals surface area contributed by atoms with Gasteiger partial charge in [-0.1, -0.05) is 25.9 Å². The predicted octanol–water partition coefficient (Wildman–Crippen LogP) is 0.653. The zero-order valence-corrected chi connectivity index (χ0v) is 7.92. The average Bonchev–Trinajstić information content (AvgIpc) is 2.28. The number of amides is 1. The average molecular weight is 183 g/mol. The number of carbonyl (C=O) groups excluding carboxylic acids is 1. The van der Waals surface area contributed by atoms with Gasteiger partial charge in [0.1, 0.15) is 5.56 Å². The summed E-state index contributed by atoms with van der Waals surface area (Å²) >= 11 is 0. The fraction of sp³-hybridized carbons (Fsp3) is 0.500. The highest BCUT2D eigenvalue weighted by molar-refractivity contribution is 5.98. The number of nitrogens with two attached hydrogens (primary N) is 2. The molecule has 1 rings (SSSR count). The minimum atomic E-state index is -0.608. The van der Waals surface area contributed by atoms with Crippen LogP contribution in [0.5, 0.6) is 0 Å². The Bertz CT molecular complexity index is 336. The van der Waals surface area contributed by atoms with Gasteiger partial charge in [0.25, 0.3) is 5.91 Å². The lowest BCUT2D eigenvalue weighted by molar-refractivity contribution is 0.0997. The Hall–Kier alpha value is -1.52. The predicted molar refractivity (Wildman–Crippen MR) is 48.1 cm³/mol. The maximum atomic E-state index is 11.0. The summed E-state index contributed by atoms with van der Waals surface area (Å²) in [6, 6.07) is 0. The number of nitrogen functional groups attached to an aromatic ring is 1. The smallest absolute Gasteiger partial charge is 0.256 e. The van der Waals surface area contributed by atoms with E-state index in [1.807, 2.05) is 20.8 Å². The van der Waals surface area contributed by atoms with Crippen molar-refractivity contribution in [3.05, 3.63) is 11.3 Å². The van der Waals surface area contributed by atoms with Gasteiger partial charge in [0, 0.05) is 5.41 Å². The first kappa shape index (κ1) is 9.57. The van der Waals surface area contributed by atoms with Crippen molar-refractivity contribution >= 4 is 11.7 Å². The van der Waals surface area contributed by atoms with Crippen molar-refractivity contribution in [2.75, 3.05) is 5.73 Å². The van der Waals surface area contributed by atoms with Gasteiger partial charge in [-0.3, -0.25) is 4.79 Å². The van der Waals surface area contributed by atoms with E-state index in [1.165, 1.54) is 0 Å². The van der Waals surface area contributed by atoms with E-state index in [2.05, 4.69) is 5.16 Å². The minimum Gasteiger partial charge on any atom is -0.380 e. The first-order valence-electron chi connectivity index (χ1n) is 3.89. The molecule has 0 bridgehead atoms. The molecule has 1 amide bonds. The third kappa shape index (κ3) is 1.63. The van der Waals surface area contributed by atoms with Crippen LogP contribution in [0.1, 0.15) is 36.9 Å².